The summed E-state index contributed by atoms with van der Waals surface area (Å²) in [5.41, 5.74) is -1.68. The summed E-state index contributed by atoms with van der Waals surface area (Å²) in [5.74, 6) is -0.880. The minimum Gasteiger partial charge on any atom is -0.481 e. The Kier molecular flexibility index (Phi) is 6.16. The largest absolute Gasteiger partial charge is 0.481 e. The number of fused-ring (bicyclic) bond motifs is 7. The molecule has 4 fully saturated rings. The summed E-state index contributed by atoms with van der Waals surface area (Å²) in [7, 11) is 0. The summed E-state index contributed by atoms with van der Waals surface area (Å²) in [5, 5.41) is 33.9. The third-order valence-electron chi connectivity index (χ3n) is 13.7. The van der Waals surface area contributed by atoms with Crippen molar-refractivity contribution in [3.05, 3.63) is 11.6 Å². The van der Waals surface area contributed by atoms with Crippen LogP contribution in [-0.2, 0) is 14.3 Å². The van der Waals surface area contributed by atoms with Crippen LogP contribution in [0.2, 0.25) is 0 Å². The van der Waals surface area contributed by atoms with Crippen LogP contribution in [0.5, 0.6) is 0 Å². The quantitative estimate of drug-likeness (QED) is 0.310. The van der Waals surface area contributed by atoms with Gasteiger partial charge in [0.05, 0.1) is 17.1 Å². The van der Waals surface area contributed by atoms with Crippen molar-refractivity contribution in [3.63, 3.8) is 0 Å². The number of hydrogen-bond donors (Lipinski definition) is 3. The van der Waals surface area contributed by atoms with E-state index in [4.69, 9.17) is 4.74 Å². The van der Waals surface area contributed by atoms with Crippen molar-refractivity contribution in [1.29, 1.82) is 0 Å². The fourth-order valence-electron chi connectivity index (χ4n) is 11.3. The molecule has 38 heavy (non-hydrogen) atoms. The molecule has 0 aliphatic heterocycles. The van der Waals surface area contributed by atoms with Crippen LogP contribution in [-0.4, -0.2) is 45.1 Å². The zero-order chi connectivity index (χ0) is 28.3. The Bertz CT molecular complexity index is 1060. The van der Waals surface area contributed by atoms with E-state index in [-0.39, 0.29) is 34.1 Å². The maximum absolute atomic E-state index is 12.9. The molecule has 6 heteroatoms. The Morgan fingerprint density at radius 3 is 2.24 bits per heavy atom. The average Bonchev–Trinajstić information content (AvgIpc) is 2.79. The highest BCUT2D eigenvalue weighted by atomic mass is 16.6. The van der Waals surface area contributed by atoms with Crippen molar-refractivity contribution >= 4 is 11.9 Å². The summed E-state index contributed by atoms with van der Waals surface area (Å²) >= 11 is 0. The van der Waals surface area contributed by atoms with Gasteiger partial charge in [0.2, 0.25) is 0 Å². The first-order valence-corrected chi connectivity index (χ1v) is 14.9. The number of carboxylic acid groups (broad SMARTS) is 1. The van der Waals surface area contributed by atoms with E-state index in [0.717, 1.165) is 32.1 Å². The molecule has 5 aliphatic rings. The van der Waals surface area contributed by atoms with Crippen LogP contribution in [0.4, 0.5) is 0 Å². The molecule has 0 heterocycles. The van der Waals surface area contributed by atoms with Gasteiger partial charge in [-0.1, -0.05) is 53.2 Å². The molecule has 4 saturated carbocycles. The molecule has 5 aliphatic carbocycles. The van der Waals surface area contributed by atoms with Crippen LogP contribution in [0.25, 0.3) is 0 Å². The lowest BCUT2D eigenvalue weighted by Gasteiger charge is -2.72. The van der Waals surface area contributed by atoms with Gasteiger partial charge in [0.25, 0.3) is 0 Å². The third-order valence-corrected chi connectivity index (χ3v) is 13.7. The van der Waals surface area contributed by atoms with Crippen LogP contribution >= 0.6 is 0 Å². The van der Waals surface area contributed by atoms with Crippen LogP contribution in [0.3, 0.4) is 0 Å². The lowest BCUT2D eigenvalue weighted by atomic mass is 9.33. The Morgan fingerprint density at radius 2 is 1.63 bits per heavy atom. The molecule has 0 unspecified atom stereocenters. The first kappa shape index (κ1) is 28.1. The molecule has 5 rings (SSSR count). The number of esters is 1. The van der Waals surface area contributed by atoms with Crippen molar-refractivity contribution < 1.29 is 29.6 Å². The molecular formula is C32H50O6. The molecule has 0 bridgehead atoms. The third kappa shape index (κ3) is 3.31. The van der Waals surface area contributed by atoms with Gasteiger partial charge in [0.15, 0.2) is 0 Å². The SMILES string of the molecule is CC(=O)O[C@@H]1C[C@@]2(C)[C@@H](CC[C@]3(C)[C@H]2CC=C2[C@H]4[C@](C(=O)O)(CC[C@@H](C)[C@@]4(C)O)CC[C@]23C)C(C)(C)[C@H]1O. The Balaban J connectivity index is 1.63. The molecule has 0 aromatic heterocycles. The Hall–Kier alpha value is -1.40. The topological polar surface area (TPSA) is 104 Å². The molecule has 214 valence electrons. The lowest BCUT2D eigenvalue weighted by molar-refractivity contribution is -0.241. The highest BCUT2D eigenvalue weighted by Crippen LogP contribution is 2.76. The number of aliphatic hydroxyl groups is 2. The second kappa shape index (κ2) is 8.31. The van der Waals surface area contributed by atoms with E-state index >= 15 is 0 Å². The number of aliphatic hydroxyl groups excluding tert-OH is 1. The predicted molar refractivity (Wildman–Crippen MR) is 145 cm³/mol. The number of rotatable bonds is 2. The Morgan fingerprint density at radius 1 is 0.974 bits per heavy atom. The van der Waals surface area contributed by atoms with Gasteiger partial charge >= 0.3 is 11.9 Å². The van der Waals surface area contributed by atoms with E-state index in [2.05, 4.69) is 47.6 Å². The van der Waals surface area contributed by atoms with Gasteiger partial charge in [-0.05, 0) is 97.7 Å². The first-order chi connectivity index (χ1) is 17.4. The van der Waals surface area contributed by atoms with E-state index < -0.39 is 40.5 Å². The summed E-state index contributed by atoms with van der Waals surface area (Å²) < 4.78 is 5.74. The maximum Gasteiger partial charge on any atom is 0.310 e. The summed E-state index contributed by atoms with van der Waals surface area (Å²) in [6, 6.07) is 0. The van der Waals surface area contributed by atoms with Gasteiger partial charge in [-0.15, -0.1) is 0 Å². The highest BCUT2D eigenvalue weighted by Gasteiger charge is 2.72. The lowest BCUT2D eigenvalue weighted by Crippen LogP contribution is -2.69. The van der Waals surface area contributed by atoms with Crippen molar-refractivity contribution in [2.45, 2.75) is 125 Å². The maximum atomic E-state index is 12.9. The summed E-state index contributed by atoms with van der Waals surface area (Å²) in [6.07, 6.45) is 7.28. The van der Waals surface area contributed by atoms with Crippen LogP contribution in [0.15, 0.2) is 11.6 Å². The van der Waals surface area contributed by atoms with E-state index in [1.165, 1.54) is 12.5 Å². The molecule has 6 nitrogen and oxygen atoms in total. The van der Waals surface area contributed by atoms with Crippen molar-refractivity contribution in [1.82, 2.24) is 0 Å². The van der Waals surface area contributed by atoms with Gasteiger partial charge in [-0.3, -0.25) is 9.59 Å². The molecule has 0 radical (unpaired) electrons. The van der Waals surface area contributed by atoms with Crippen molar-refractivity contribution in [2.75, 3.05) is 0 Å². The number of carboxylic acids is 1. The van der Waals surface area contributed by atoms with E-state index in [1.54, 1.807) is 0 Å². The fourth-order valence-corrected chi connectivity index (χ4v) is 11.3. The number of allylic oxidation sites excluding steroid dienone is 1. The summed E-state index contributed by atoms with van der Waals surface area (Å²) in [6.45, 7) is 16.8. The minimum absolute atomic E-state index is 0.0344. The average molecular weight is 531 g/mol. The zero-order valence-electron chi connectivity index (χ0n) is 24.8. The first-order valence-electron chi connectivity index (χ1n) is 14.9. The molecule has 0 amide bonds. The molecule has 3 N–H and O–H groups in total. The summed E-state index contributed by atoms with van der Waals surface area (Å²) in [4.78, 5) is 24.9. The minimum atomic E-state index is -1.08. The zero-order valence-corrected chi connectivity index (χ0v) is 24.8. The van der Waals surface area contributed by atoms with Crippen LogP contribution in [0, 0.1) is 50.7 Å². The molecular weight excluding hydrogens is 480 g/mol. The predicted octanol–water partition coefficient (Wildman–Crippen LogP) is 5.75. The van der Waals surface area contributed by atoms with Gasteiger partial charge in [0, 0.05) is 12.8 Å². The number of ether oxygens (including phenoxy) is 1. The normalized spacial score (nSPS) is 53.4. The van der Waals surface area contributed by atoms with E-state index in [0.29, 0.717) is 25.2 Å². The molecule has 0 aromatic carbocycles. The Labute approximate surface area is 228 Å². The second-order valence-corrected chi connectivity index (χ2v) is 15.5. The van der Waals surface area contributed by atoms with E-state index in [1.807, 2.05) is 6.92 Å². The fraction of sp³-hybridized carbons (Fsp3) is 0.875. The molecule has 11 atom stereocenters. The van der Waals surface area contributed by atoms with Gasteiger partial charge in [0.1, 0.15) is 6.10 Å². The molecule has 0 spiro atoms. The monoisotopic (exact) mass is 530 g/mol. The number of hydrogen-bond acceptors (Lipinski definition) is 5. The smallest absolute Gasteiger partial charge is 0.310 e. The van der Waals surface area contributed by atoms with Crippen molar-refractivity contribution in [3.8, 4) is 0 Å². The van der Waals surface area contributed by atoms with Crippen LogP contribution < -0.4 is 0 Å². The molecule has 0 saturated heterocycles. The van der Waals surface area contributed by atoms with E-state index in [9.17, 15) is 24.9 Å². The number of carbonyl (C=O) groups is 2. The highest BCUT2D eigenvalue weighted by molar-refractivity contribution is 5.77. The van der Waals surface area contributed by atoms with Crippen molar-refractivity contribution in [2.24, 2.45) is 50.7 Å². The van der Waals surface area contributed by atoms with Gasteiger partial charge in [-0.25, -0.2) is 0 Å². The second-order valence-electron chi connectivity index (χ2n) is 15.5. The standard InChI is InChI=1S/C32H50O6/c1-18-11-14-32(26(35)36)16-15-29(6)20(24(32)31(18,8)37)9-10-23-28(5)17-21(38-19(2)33)25(34)27(3,4)22(28)12-13-30(23,29)7/h9,18,21-25,34,37H,10-17H2,1-8H3,(H,35,36)/t18-,21-,22+,23+,24-,25+,28+,29-,30-,31-,32+/m1/s1. The molecule has 0 aromatic rings. The van der Waals surface area contributed by atoms with Gasteiger partial charge in [-0.2, -0.15) is 0 Å². The number of aliphatic carboxylic acids is 1. The van der Waals surface area contributed by atoms with Gasteiger partial charge < -0.3 is 20.1 Å². The van der Waals surface area contributed by atoms with Crippen LogP contribution in [0.1, 0.15) is 107 Å². The number of carbonyl (C=O) groups excluding carboxylic acids is 1.